The Labute approximate surface area is 104 Å². The molecule has 0 aliphatic carbocycles. The zero-order valence-electron chi connectivity index (χ0n) is 11.0. The van der Waals surface area contributed by atoms with Gasteiger partial charge in [0.1, 0.15) is 0 Å². The fourth-order valence-electron chi connectivity index (χ4n) is 2.47. The van der Waals surface area contributed by atoms with Crippen LogP contribution in [0.1, 0.15) is 25.3 Å². The third-order valence-electron chi connectivity index (χ3n) is 3.64. The summed E-state index contributed by atoms with van der Waals surface area (Å²) in [5.74, 6) is 0. The van der Waals surface area contributed by atoms with Crippen LogP contribution in [-0.4, -0.2) is 46.9 Å². The summed E-state index contributed by atoms with van der Waals surface area (Å²) in [6, 6.07) is 0.717. The van der Waals surface area contributed by atoms with E-state index in [-0.39, 0.29) is 0 Å². The van der Waals surface area contributed by atoms with Crippen LogP contribution in [0, 0.1) is 0 Å². The molecule has 0 unspecified atom stereocenters. The molecule has 0 amide bonds. The standard InChI is InChI=1S/C13H24N4/c1-3-17-8-5-13(6-9-17)14-7-4-12-10-15-16(2)11-12/h10-11,13-14H,3-9H2,1-2H3. The molecule has 96 valence electrons. The Bertz CT molecular complexity index is 326. The molecule has 0 aromatic carbocycles. The summed E-state index contributed by atoms with van der Waals surface area (Å²) in [5, 5.41) is 7.85. The Balaban J connectivity index is 1.63. The van der Waals surface area contributed by atoms with E-state index in [0.29, 0.717) is 0 Å². The Hall–Kier alpha value is -0.870. The van der Waals surface area contributed by atoms with Gasteiger partial charge in [-0.2, -0.15) is 5.10 Å². The first-order chi connectivity index (χ1) is 8.28. The van der Waals surface area contributed by atoms with Gasteiger partial charge in [-0.25, -0.2) is 0 Å². The molecule has 2 heterocycles. The van der Waals surface area contributed by atoms with Gasteiger partial charge in [-0.3, -0.25) is 4.68 Å². The van der Waals surface area contributed by atoms with Crippen molar-refractivity contribution in [2.45, 2.75) is 32.2 Å². The van der Waals surface area contributed by atoms with Crippen LogP contribution in [0.5, 0.6) is 0 Å². The second-order valence-corrected chi connectivity index (χ2v) is 4.93. The van der Waals surface area contributed by atoms with E-state index in [1.807, 2.05) is 17.9 Å². The molecule has 1 aromatic heterocycles. The lowest BCUT2D eigenvalue weighted by atomic mass is 10.0. The Morgan fingerprint density at radius 1 is 1.41 bits per heavy atom. The van der Waals surface area contributed by atoms with Crippen LogP contribution in [0.25, 0.3) is 0 Å². The SMILES string of the molecule is CCN1CCC(NCCc2cnn(C)c2)CC1. The molecule has 1 aliphatic rings. The molecule has 0 radical (unpaired) electrons. The van der Waals surface area contributed by atoms with Crippen molar-refractivity contribution in [3.63, 3.8) is 0 Å². The van der Waals surface area contributed by atoms with E-state index < -0.39 is 0 Å². The number of likely N-dealkylation sites (tertiary alicyclic amines) is 1. The van der Waals surface area contributed by atoms with E-state index in [2.05, 4.69) is 28.4 Å². The summed E-state index contributed by atoms with van der Waals surface area (Å²) < 4.78 is 1.87. The van der Waals surface area contributed by atoms with Crippen LogP contribution in [0.4, 0.5) is 0 Å². The fraction of sp³-hybridized carbons (Fsp3) is 0.769. The highest BCUT2D eigenvalue weighted by molar-refractivity contribution is 5.03. The molecule has 0 atom stereocenters. The summed E-state index contributed by atoms with van der Waals surface area (Å²) in [6.07, 6.45) is 7.73. The molecule has 0 saturated carbocycles. The van der Waals surface area contributed by atoms with Gasteiger partial charge in [0, 0.05) is 19.3 Å². The number of rotatable bonds is 5. The minimum absolute atomic E-state index is 0.717. The van der Waals surface area contributed by atoms with Gasteiger partial charge in [-0.15, -0.1) is 0 Å². The fourth-order valence-corrected chi connectivity index (χ4v) is 2.47. The Morgan fingerprint density at radius 3 is 2.76 bits per heavy atom. The number of hydrogen-bond donors (Lipinski definition) is 1. The molecule has 0 bridgehead atoms. The van der Waals surface area contributed by atoms with Crippen LogP contribution in [0.2, 0.25) is 0 Å². The lowest BCUT2D eigenvalue weighted by molar-refractivity contribution is 0.207. The normalized spacial score (nSPS) is 18.7. The van der Waals surface area contributed by atoms with Crippen LogP contribution in [0.15, 0.2) is 12.4 Å². The van der Waals surface area contributed by atoms with Gasteiger partial charge < -0.3 is 10.2 Å². The Morgan fingerprint density at radius 2 is 2.18 bits per heavy atom. The molecular formula is C13H24N4. The van der Waals surface area contributed by atoms with Crippen LogP contribution < -0.4 is 5.32 Å². The van der Waals surface area contributed by atoms with E-state index in [0.717, 1.165) is 19.0 Å². The van der Waals surface area contributed by atoms with Gasteiger partial charge in [-0.1, -0.05) is 6.92 Å². The second kappa shape index (κ2) is 6.17. The van der Waals surface area contributed by atoms with E-state index in [9.17, 15) is 0 Å². The maximum atomic E-state index is 4.19. The average Bonchev–Trinajstić information content (AvgIpc) is 2.76. The van der Waals surface area contributed by atoms with Gasteiger partial charge in [0.25, 0.3) is 0 Å². The highest BCUT2D eigenvalue weighted by Gasteiger charge is 2.16. The van der Waals surface area contributed by atoms with E-state index in [1.54, 1.807) is 0 Å². The molecule has 1 aliphatic heterocycles. The topological polar surface area (TPSA) is 33.1 Å². The minimum Gasteiger partial charge on any atom is -0.314 e. The van der Waals surface area contributed by atoms with Crippen LogP contribution >= 0.6 is 0 Å². The van der Waals surface area contributed by atoms with Gasteiger partial charge in [-0.05, 0) is 51.0 Å². The summed E-state index contributed by atoms with van der Waals surface area (Å²) in [6.45, 7) is 7.02. The Kier molecular flexibility index (Phi) is 4.57. The largest absolute Gasteiger partial charge is 0.314 e. The summed E-state index contributed by atoms with van der Waals surface area (Å²) in [4.78, 5) is 2.53. The predicted molar refractivity (Wildman–Crippen MR) is 70.1 cm³/mol. The number of nitrogens with one attached hydrogen (secondary N) is 1. The molecular weight excluding hydrogens is 212 g/mol. The first kappa shape index (κ1) is 12.6. The highest BCUT2D eigenvalue weighted by atomic mass is 15.2. The van der Waals surface area contributed by atoms with Crippen molar-refractivity contribution < 1.29 is 0 Å². The van der Waals surface area contributed by atoms with Crippen molar-refractivity contribution in [3.05, 3.63) is 18.0 Å². The van der Waals surface area contributed by atoms with Crippen molar-refractivity contribution in [1.29, 1.82) is 0 Å². The summed E-state index contributed by atoms with van der Waals surface area (Å²) in [5.41, 5.74) is 1.32. The molecule has 0 spiro atoms. The van der Waals surface area contributed by atoms with Crippen molar-refractivity contribution in [3.8, 4) is 0 Å². The molecule has 1 fully saturated rings. The number of aromatic nitrogens is 2. The average molecular weight is 236 g/mol. The van der Waals surface area contributed by atoms with Crippen LogP contribution in [-0.2, 0) is 13.5 Å². The smallest absolute Gasteiger partial charge is 0.0522 e. The van der Waals surface area contributed by atoms with Crippen molar-refractivity contribution in [1.82, 2.24) is 20.0 Å². The highest BCUT2D eigenvalue weighted by Crippen LogP contribution is 2.09. The zero-order chi connectivity index (χ0) is 12.1. The van der Waals surface area contributed by atoms with E-state index in [4.69, 9.17) is 0 Å². The van der Waals surface area contributed by atoms with Crippen molar-refractivity contribution in [2.75, 3.05) is 26.2 Å². The number of hydrogen-bond acceptors (Lipinski definition) is 3. The monoisotopic (exact) mass is 236 g/mol. The molecule has 4 heteroatoms. The molecule has 1 aromatic rings. The van der Waals surface area contributed by atoms with Gasteiger partial charge in [0.2, 0.25) is 0 Å². The van der Waals surface area contributed by atoms with Crippen molar-refractivity contribution in [2.24, 2.45) is 7.05 Å². The minimum atomic E-state index is 0.717. The summed E-state index contributed by atoms with van der Waals surface area (Å²) in [7, 11) is 1.97. The number of nitrogens with zero attached hydrogens (tertiary/aromatic N) is 3. The third-order valence-corrected chi connectivity index (χ3v) is 3.64. The molecule has 2 rings (SSSR count). The zero-order valence-corrected chi connectivity index (χ0v) is 11.0. The maximum Gasteiger partial charge on any atom is 0.0522 e. The van der Waals surface area contributed by atoms with Gasteiger partial charge in [0.15, 0.2) is 0 Å². The first-order valence-corrected chi connectivity index (χ1v) is 6.71. The lowest BCUT2D eigenvalue weighted by Gasteiger charge is -2.31. The summed E-state index contributed by atoms with van der Waals surface area (Å²) >= 11 is 0. The van der Waals surface area contributed by atoms with Gasteiger partial charge in [0.05, 0.1) is 6.20 Å². The number of aryl methyl sites for hydroxylation is 1. The molecule has 1 N–H and O–H groups in total. The van der Waals surface area contributed by atoms with Crippen LogP contribution in [0.3, 0.4) is 0 Å². The lowest BCUT2D eigenvalue weighted by Crippen LogP contribution is -2.42. The maximum absolute atomic E-state index is 4.19. The molecule has 17 heavy (non-hydrogen) atoms. The van der Waals surface area contributed by atoms with E-state index in [1.165, 1.54) is 38.0 Å². The van der Waals surface area contributed by atoms with E-state index >= 15 is 0 Å². The van der Waals surface area contributed by atoms with Crippen molar-refractivity contribution >= 4 is 0 Å². The number of piperidine rings is 1. The molecule has 1 saturated heterocycles. The second-order valence-electron chi connectivity index (χ2n) is 4.93. The van der Waals surface area contributed by atoms with Gasteiger partial charge >= 0.3 is 0 Å². The third kappa shape index (κ3) is 3.82. The quantitative estimate of drug-likeness (QED) is 0.829. The molecule has 4 nitrogen and oxygen atoms in total. The predicted octanol–water partition coefficient (Wildman–Crippen LogP) is 1.04. The first-order valence-electron chi connectivity index (χ1n) is 6.71.